The third-order valence-corrected chi connectivity index (χ3v) is 2.68. The lowest BCUT2D eigenvalue weighted by Gasteiger charge is -2.02. The van der Waals surface area contributed by atoms with Gasteiger partial charge in [-0.05, 0) is 6.07 Å². The van der Waals surface area contributed by atoms with Crippen molar-refractivity contribution in [3.63, 3.8) is 0 Å². The van der Waals surface area contributed by atoms with Crippen LogP contribution >= 0.6 is 23.2 Å². The molecule has 10 heteroatoms. The van der Waals surface area contributed by atoms with E-state index in [0.717, 1.165) is 6.20 Å². The first-order valence-electron chi connectivity index (χ1n) is 4.37. The van der Waals surface area contributed by atoms with Gasteiger partial charge in [-0.1, -0.05) is 23.2 Å². The van der Waals surface area contributed by atoms with Gasteiger partial charge in [-0.15, -0.1) is 0 Å². The summed E-state index contributed by atoms with van der Waals surface area (Å²) >= 11 is 11.0. The van der Waals surface area contributed by atoms with Gasteiger partial charge >= 0.3 is 6.18 Å². The van der Waals surface area contributed by atoms with Crippen molar-refractivity contribution in [2.24, 2.45) is 0 Å². The molecule has 0 saturated heterocycles. The maximum atomic E-state index is 12.3. The van der Waals surface area contributed by atoms with E-state index in [1.807, 2.05) is 0 Å². The highest BCUT2D eigenvalue weighted by molar-refractivity contribution is 6.41. The van der Waals surface area contributed by atoms with Gasteiger partial charge in [0.05, 0.1) is 0 Å². The molecule has 1 N–H and O–H groups in total. The van der Waals surface area contributed by atoms with E-state index < -0.39 is 23.1 Å². The highest BCUT2D eigenvalue weighted by Crippen LogP contribution is 2.27. The molecule has 0 aliphatic carbocycles. The number of alkyl halides is 3. The average molecular weight is 299 g/mol. The summed E-state index contributed by atoms with van der Waals surface area (Å²) in [5.74, 6) is -0.403. The van der Waals surface area contributed by atoms with Gasteiger partial charge < -0.3 is 0 Å². The molecule has 2 aromatic rings. The molecule has 0 fully saturated rings. The Hall–Kier alpha value is -1.54. The van der Waals surface area contributed by atoms with Gasteiger partial charge in [0.1, 0.15) is 10.2 Å². The summed E-state index contributed by atoms with van der Waals surface area (Å²) in [4.78, 5) is 11.6. The van der Waals surface area contributed by atoms with Crippen molar-refractivity contribution in [1.29, 1.82) is 0 Å². The summed E-state index contributed by atoms with van der Waals surface area (Å²) in [5, 5.41) is 8.30. The fourth-order valence-electron chi connectivity index (χ4n) is 1.15. The van der Waals surface area contributed by atoms with Gasteiger partial charge in [0.15, 0.2) is 5.69 Å². The number of halogens is 5. The van der Waals surface area contributed by atoms with Crippen molar-refractivity contribution in [3.8, 4) is 5.82 Å². The first-order valence-corrected chi connectivity index (χ1v) is 5.13. The quantitative estimate of drug-likeness (QED) is 0.878. The average Bonchev–Trinajstić information content (AvgIpc) is 2.75. The lowest BCUT2D eigenvalue weighted by atomic mass is 10.4. The Morgan fingerprint density at radius 1 is 1.33 bits per heavy atom. The molecule has 2 aromatic heterocycles. The molecule has 0 atom stereocenters. The van der Waals surface area contributed by atoms with Crippen molar-refractivity contribution in [1.82, 2.24) is 20.0 Å². The maximum Gasteiger partial charge on any atom is 0.435 e. The van der Waals surface area contributed by atoms with E-state index in [-0.39, 0.29) is 10.2 Å². The maximum absolute atomic E-state index is 12.3. The molecule has 96 valence electrons. The number of rotatable bonds is 1. The number of H-pyrrole nitrogens is 1. The Kier molecular flexibility index (Phi) is 3.07. The van der Waals surface area contributed by atoms with Crippen LogP contribution in [0.1, 0.15) is 5.69 Å². The second-order valence-corrected chi connectivity index (χ2v) is 3.90. The Labute approximate surface area is 107 Å². The second kappa shape index (κ2) is 4.29. The molecule has 0 radical (unpaired) electrons. The number of aromatic amines is 1. The van der Waals surface area contributed by atoms with E-state index in [2.05, 4.69) is 15.3 Å². The van der Waals surface area contributed by atoms with Crippen LogP contribution in [0.3, 0.4) is 0 Å². The second-order valence-electron chi connectivity index (χ2n) is 3.15. The van der Waals surface area contributed by atoms with Crippen LogP contribution in [0.4, 0.5) is 13.2 Å². The lowest BCUT2D eigenvalue weighted by molar-refractivity contribution is -0.141. The zero-order valence-electron chi connectivity index (χ0n) is 8.29. The summed E-state index contributed by atoms with van der Waals surface area (Å²) in [5.41, 5.74) is -1.97. The smallest absolute Gasteiger partial charge is 0.284 e. The van der Waals surface area contributed by atoms with Crippen LogP contribution in [0.15, 0.2) is 17.1 Å². The van der Waals surface area contributed by atoms with Gasteiger partial charge in [-0.2, -0.15) is 23.4 Å². The Balaban J connectivity index is 2.54. The van der Waals surface area contributed by atoms with Gasteiger partial charge in [0.25, 0.3) is 0 Å². The molecule has 2 heterocycles. The van der Waals surface area contributed by atoms with Crippen molar-refractivity contribution < 1.29 is 13.2 Å². The summed E-state index contributed by atoms with van der Waals surface area (Å²) in [6, 6.07) is 0.712. The Morgan fingerprint density at radius 2 is 2.00 bits per heavy atom. The topological polar surface area (TPSA) is 63.6 Å². The van der Waals surface area contributed by atoms with Crippen LogP contribution < -0.4 is 5.43 Å². The van der Waals surface area contributed by atoms with E-state index in [0.29, 0.717) is 10.7 Å². The van der Waals surface area contributed by atoms with Crippen LogP contribution in [0, 0.1) is 0 Å². The van der Waals surface area contributed by atoms with Gasteiger partial charge in [-0.25, -0.2) is 4.68 Å². The molecule has 5 nitrogen and oxygen atoms in total. The summed E-state index contributed by atoms with van der Waals surface area (Å²) in [6.07, 6.45) is -3.65. The fraction of sp³-hybridized carbons (Fsp3) is 0.125. The van der Waals surface area contributed by atoms with E-state index >= 15 is 0 Å². The first kappa shape index (κ1) is 12.9. The third-order valence-electron chi connectivity index (χ3n) is 1.95. The fourth-order valence-corrected chi connectivity index (χ4v) is 1.40. The number of nitrogens with zero attached hydrogens (tertiary/aromatic N) is 3. The van der Waals surface area contributed by atoms with Crippen LogP contribution in [0.2, 0.25) is 10.2 Å². The predicted octanol–water partition coefficient (Wildman–Crippen LogP) is 2.28. The molecule has 0 aliphatic heterocycles. The third kappa shape index (κ3) is 2.21. The van der Waals surface area contributed by atoms with Gasteiger partial charge in [0.2, 0.25) is 11.2 Å². The predicted molar refractivity (Wildman–Crippen MR) is 57.0 cm³/mol. The highest BCUT2D eigenvalue weighted by Gasteiger charge is 2.34. The monoisotopic (exact) mass is 298 g/mol. The SMILES string of the molecule is O=c1c(-n2ccc(C(F)(F)F)n2)n[nH]c(Cl)c1Cl. The van der Waals surface area contributed by atoms with E-state index in [4.69, 9.17) is 23.2 Å². The molecule has 2 rings (SSSR count). The van der Waals surface area contributed by atoms with Crippen molar-refractivity contribution in [3.05, 3.63) is 38.4 Å². The van der Waals surface area contributed by atoms with Gasteiger partial charge in [-0.3, -0.25) is 9.89 Å². The van der Waals surface area contributed by atoms with E-state index in [1.54, 1.807) is 0 Å². The van der Waals surface area contributed by atoms with Crippen molar-refractivity contribution in [2.75, 3.05) is 0 Å². The normalized spacial score (nSPS) is 11.8. The molecular formula is C8H3Cl2F3N4O. The molecule has 0 spiro atoms. The molecule has 0 bridgehead atoms. The van der Waals surface area contributed by atoms with Crippen molar-refractivity contribution >= 4 is 23.2 Å². The standard InChI is InChI=1S/C8H3Cl2F3N4O/c9-4-5(18)7(15-14-6(4)10)17-2-1-3(16-17)8(11,12)13/h1-2H,(H,14,18). The van der Waals surface area contributed by atoms with E-state index in [1.165, 1.54) is 0 Å². The van der Waals surface area contributed by atoms with Crippen LogP contribution in [0.25, 0.3) is 5.82 Å². The Morgan fingerprint density at radius 3 is 2.56 bits per heavy atom. The minimum absolute atomic E-state index is 0.200. The van der Waals surface area contributed by atoms with Crippen molar-refractivity contribution in [2.45, 2.75) is 6.18 Å². The zero-order valence-corrected chi connectivity index (χ0v) is 9.81. The summed E-state index contributed by atoms with van der Waals surface area (Å²) < 4.78 is 37.7. The van der Waals surface area contributed by atoms with Crippen LogP contribution in [0.5, 0.6) is 0 Å². The highest BCUT2D eigenvalue weighted by atomic mass is 35.5. The molecule has 18 heavy (non-hydrogen) atoms. The minimum Gasteiger partial charge on any atom is -0.284 e. The zero-order chi connectivity index (χ0) is 13.5. The number of hydrogen-bond acceptors (Lipinski definition) is 3. The van der Waals surface area contributed by atoms with Gasteiger partial charge in [0, 0.05) is 6.20 Å². The molecule has 0 aromatic carbocycles. The Bertz CT molecular complexity index is 649. The molecule has 0 amide bonds. The van der Waals surface area contributed by atoms with Crippen LogP contribution in [-0.4, -0.2) is 20.0 Å². The number of hydrogen-bond donors (Lipinski definition) is 1. The number of aromatic nitrogens is 4. The molecule has 0 unspecified atom stereocenters. The van der Waals surface area contributed by atoms with Crippen LogP contribution in [-0.2, 0) is 6.18 Å². The molecule has 0 saturated carbocycles. The molecular weight excluding hydrogens is 296 g/mol. The lowest BCUT2D eigenvalue weighted by Crippen LogP contribution is -2.17. The van der Waals surface area contributed by atoms with E-state index in [9.17, 15) is 18.0 Å². The number of nitrogens with one attached hydrogen (secondary N) is 1. The first-order chi connectivity index (χ1) is 8.30. The minimum atomic E-state index is -4.60. The summed E-state index contributed by atoms with van der Waals surface area (Å²) in [6.45, 7) is 0. The summed E-state index contributed by atoms with van der Waals surface area (Å²) in [7, 11) is 0. The largest absolute Gasteiger partial charge is 0.435 e. The molecule has 0 aliphatic rings.